The van der Waals surface area contributed by atoms with Crippen molar-refractivity contribution in [2.75, 3.05) is 5.01 Å². The molecule has 6 nitrogen and oxygen atoms in total. The first-order valence-corrected chi connectivity index (χ1v) is 3.51. The van der Waals surface area contributed by atoms with E-state index in [4.69, 9.17) is 11.7 Å². The Balaban J connectivity index is 2.85. The van der Waals surface area contributed by atoms with Crippen LogP contribution in [0.2, 0.25) is 0 Å². The van der Waals surface area contributed by atoms with E-state index in [1.165, 1.54) is 11.3 Å². The van der Waals surface area contributed by atoms with E-state index in [0.29, 0.717) is 11.5 Å². The van der Waals surface area contributed by atoms with Crippen molar-refractivity contribution in [1.29, 1.82) is 0 Å². The van der Waals surface area contributed by atoms with E-state index in [2.05, 4.69) is 21.9 Å². The largest absolute Gasteiger partial charge is 0.322 e. The van der Waals surface area contributed by atoms with Gasteiger partial charge in [-0.25, -0.2) is 10.9 Å². The average molecular weight is 178 g/mol. The average Bonchev–Trinajstić information content (AvgIpc) is 2.18. The van der Waals surface area contributed by atoms with Crippen LogP contribution in [0.4, 0.5) is 5.82 Å². The molecule has 4 N–H and O–H groups in total. The molecule has 0 unspecified atom stereocenters. The molecular formula is C7H10N6. The van der Waals surface area contributed by atoms with Gasteiger partial charge < -0.3 is 5.84 Å². The van der Waals surface area contributed by atoms with Gasteiger partial charge in [-0.05, 0) is 18.2 Å². The quantitative estimate of drug-likeness (QED) is 0.287. The minimum atomic E-state index is 0.458. The first kappa shape index (κ1) is 9.14. The number of rotatable bonds is 3. The zero-order valence-electron chi connectivity index (χ0n) is 6.96. The lowest BCUT2D eigenvalue weighted by Crippen LogP contribution is -2.30. The van der Waals surface area contributed by atoms with Crippen LogP contribution in [0.1, 0.15) is 5.69 Å². The Hall–Kier alpha value is -1.95. The molecule has 0 bridgehead atoms. The van der Waals surface area contributed by atoms with Gasteiger partial charge in [0.2, 0.25) is 0 Å². The Bertz CT molecular complexity index is 303. The summed E-state index contributed by atoms with van der Waals surface area (Å²) in [4.78, 5) is 0. The van der Waals surface area contributed by atoms with Gasteiger partial charge in [0, 0.05) is 0 Å². The maximum atomic E-state index is 5.47. The summed E-state index contributed by atoms with van der Waals surface area (Å²) in [6.45, 7) is 3.55. The van der Waals surface area contributed by atoms with Gasteiger partial charge in [0.05, 0.1) is 5.69 Å². The summed E-state index contributed by atoms with van der Waals surface area (Å²) in [7, 11) is 0. The first-order chi connectivity index (χ1) is 6.27. The molecule has 6 heteroatoms. The Morgan fingerprint density at radius 3 is 2.69 bits per heavy atom. The van der Waals surface area contributed by atoms with E-state index < -0.39 is 0 Å². The summed E-state index contributed by atoms with van der Waals surface area (Å²) in [5.74, 6) is 10.8. The van der Waals surface area contributed by atoms with Crippen molar-refractivity contribution in [3.8, 4) is 0 Å². The molecule has 13 heavy (non-hydrogen) atoms. The molecule has 0 aliphatic carbocycles. The van der Waals surface area contributed by atoms with Crippen molar-refractivity contribution in [2.45, 2.75) is 0 Å². The molecule has 0 amide bonds. The van der Waals surface area contributed by atoms with Gasteiger partial charge in [-0.1, -0.05) is 6.58 Å². The molecular weight excluding hydrogens is 168 g/mol. The zero-order chi connectivity index (χ0) is 9.68. The fraction of sp³-hybridized carbons (Fsp3) is 0. The Morgan fingerprint density at radius 2 is 2.23 bits per heavy atom. The predicted molar refractivity (Wildman–Crippen MR) is 51.5 cm³/mol. The van der Waals surface area contributed by atoms with E-state index >= 15 is 0 Å². The van der Waals surface area contributed by atoms with Crippen molar-refractivity contribution in [1.82, 2.24) is 10.2 Å². The molecule has 68 valence electrons. The Morgan fingerprint density at radius 1 is 1.46 bits per heavy atom. The fourth-order valence-corrected chi connectivity index (χ4v) is 0.713. The summed E-state index contributed by atoms with van der Waals surface area (Å²) >= 11 is 0. The molecule has 1 heterocycles. The molecule has 0 atom stereocenters. The van der Waals surface area contributed by atoms with Gasteiger partial charge in [0.15, 0.2) is 5.82 Å². The van der Waals surface area contributed by atoms with Crippen LogP contribution in [0.25, 0.3) is 6.08 Å². The highest BCUT2D eigenvalue weighted by molar-refractivity contribution is 5.75. The number of nitrogens with two attached hydrogens (primary N) is 2. The highest BCUT2D eigenvalue weighted by atomic mass is 15.5. The second-order valence-electron chi connectivity index (χ2n) is 2.19. The van der Waals surface area contributed by atoms with Crippen molar-refractivity contribution < 1.29 is 0 Å². The van der Waals surface area contributed by atoms with E-state index in [-0.39, 0.29) is 0 Å². The van der Waals surface area contributed by atoms with Crippen LogP contribution >= 0.6 is 0 Å². The number of aromatic nitrogens is 2. The molecule has 0 radical (unpaired) electrons. The third kappa shape index (κ3) is 2.24. The monoisotopic (exact) mass is 178 g/mol. The Kier molecular flexibility index (Phi) is 2.93. The Labute approximate surface area is 75.5 Å². The van der Waals surface area contributed by atoms with Crippen molar-refractivity contribution in [3.63, 3.8) is 0 Å². The second-order valence-corrected chi connectivity index (χ2v) is 2.19. The molecule has 0 aromatic carbocycles. The SMILES string of the molecule is C=Cc1ccc(N(N)/C=N\N)nn1. The van der Waals surface area contributed by atoms with Gasteiger partial charge >= 0.3 is 0 Å². The molecule has 1 aromatic heterocycles. The van der Waals surface area contributed by atoms with Crippen LogP contribution in [0, 0.1) is 0 Å². The number of hydrogen-bond donors (Lipinski definition) is 2. The third-order valence-corrected chi connectivity index (χ3v) is 1.34. The number of hydrazine groups is 1. The number of nitrogens with zero attached hydrogens (tertiary/aromatic N) is 4. The fourth-order valence-electron chi connectivity index (χ4n) is 0.713. The lowest BCUT2D eigenvalue weighted by atomic mass is 10.4. The van der Waals surface area contributed by atoms with E-state index in [1.54, 1.807) is 18.2 Å². The van der Waals surface area contributed by atoms with Gasteiger partial charge in [0.25, 0.3) is 0 Å². The normalized spacial score (nSPS) is 10.2. The minimum Gasteiger partial charge on any atom is -0.322 e. The van der Waals surface area contributed by atoms with Crippen LogP contribution in [0.5, 0.6) is 0 Å². The van der Waals surface area contributed by atoms with Gasteiger partial charge in [-0.2, -0.15) is 5.10 Å². The molecule has 1 rings (SSSR count). The summed E-state index contributed by atoms with van der Waals surface area (Å²) < 4.78 is 0. The predicted octanol–water partition coefficient (Wildman–Crippen LogP) is -0.298. The van der Waals surface area contributed by atoms with Crippen LogP contribution in [-0.2, 0) is 0 Å². The van der Waals surface area contributed by atoms with Crippen molar-refractivity contribution >= 4 is 18.2 Å². The highest BCUT2D eigenvalue weighted by Crippen LogP contribution is 2.04. The standard InChI is InChI=1S/C7H10N6/c1-2-6-3-4-7(12-11-6)13(9)5-10-8/h2-5H,1,8-9H2/b10-5-. The van der Waals surface area contributed by atoms with Crippen molar-refractivity contribution in [3.05, 3.63) is 24.4 Å². The number of hydrazone groups is 1. The smallest absolute Gasteiger partial charge is 0.170 e. The summed E-state index contributed by atoms with van der Waals surface area (Å²) in [6.07, 6.45) is 2.83. The van der Waals surface area contributed by atoms with Gasteiger partial charge in [-0.3, -0.25) is 0 Å². The maximum Gasteiger partial charge on any atom is 0.170 e. The topological polar surface area (TPSA) is 93.4 Å². The lowest BCUT2D eigenvalue weighted by molar-refractivity contribution is 0.964. The van der Waals surface area contributed by atoms with E-state index in [0.717, 1.165) is 0 Å². The third-order valence-electron chi connectivity index (χ3n) is 1.34. The number of hydrogen-bond acceptors (Lipinski definition) is 5. The summed E-state index contributed by atoms with van der Waals surface area (Å²) in [6, 6.07) is 3.42. The molecule has 0 aliphatic heterocycles. The summed E-state index contributed by atoms with van der Waals surface area (Å²) in [5.41, 5.74) is 0.682. The van der Waals surface area contributed by atoms with Gasteiger partial charge in [0.1, 0.15) is 6.34 Å². The van der Waals surface area contributed by atoms with Crippen molar-refractivity contribution in [2.24, 2.45) is 16.8 Å². The van der Waals surface area contributed by atoms with Crippen LogP contribution < -0.4 is 16.7 Å². The molecule has 0 spiro atoms. The molecule has 0 saturated heterocycles. The second kappa shape index (κ2) is 4.17. The van der Waals surface area contributed by atoms with E-state index in [9.17, 15) is 0 Å². The maximum absolute atomic E-state index is 5.47. The lowest BCUT2D eigenvalue weighted by Gasteiger charge is -2.08. The molecule has 1 aromatic rings. The van der Waals surface area contributed by atoms with Crippen LogP contribution in [0.15, 0.2) is 23.8 Å². The molecule has 0 aliphatic rings. The zero-order valence-corrected chi connectivity index (χ0v) is 6.96. The van der Waals surface area contributed by atoms with Crippen LogP contribution in [0.3, 0.4) is 0 Å². The van der Waals surface area contributed by atoms with Gasteiger partial charge in [-0.15, -0.1) is 10.2 Å². The highest BCUT2D eigenvalue weighted by Gasteiger charge is 1.99. The van der Waals surface area contributed by atoms with E-state index in [1.807, 2.05) is 0 Å². The molecule has 0 fully saturated rings. The summed E-state index contributed by atoms with van der Waals surface area (Å²) in [5, 5.41) is 12.0. The first-order valence-electron chi connectivity index (χ1n) is 3.51. The number of anilines is 1. The van der Waals surface area contributed by atoms with Crippen LogP contribution in [-0.4, -0.2) is 16.5 Å². The molecule has 0 saturated carbocycles. The minimum absolute atomic E-state index is 0.458.